The Balaban J connectivity index is 1.32. The molecule has 0 spiro atoms. The van der Waals surface area contributed by atoms with E-state index in [-0.39, 0.29) is 5.91 Å². The molecule has 3 aromatic rings. The summed E-state index contributed by atoms with van der Waals surface area (Å²) in [5, 5.41) is 13.9. The van der Waals surface area contributed by atoms with E-state index in [2.05, 4.69) is 31.5 Å². The lowest BCUT2D eigenvalue weighted by atomic mass is 10.1. The molecule has 30 heavy (non-hydrogen) atoms. The van der Waals surface area contributed by atoms with Gasteiger partial charge in [-0.25, -0.2) is 4.98 Å². The van der Waals surface area contributed by atoms with Gasteiger partial charge in [-0.2, -0.15) is 0 Å². The Morgan fingerprint density at radius 2 is 1.90 bits per heavy atom. The van der Waals surface area contributed by atoms with E-state index in [4.69, 9.17) is 4.98 Å². The molecular weight excluding hydrogens is 398 g/mol. The molecule has 2 fully saturated rings. The fraction of sp³-hybridized carbons (Fsp3) is 0.476. The number of piperazine rings is 1. The van der Waals surface area contributed by atoms with Crippen LogP contribution in [0, 0.1) is 0 Å². The van der Waals surface area contributed by atoms with Crippen LogP contribution >= 0.6 is 11.3 Å². The van der Waals surface area contributed by atoms with Gasteiger partial charge in [0.1, 0.15) is 10.8 Å². The zero-order chi connectivity index (χ0) is 20.5. The summed E-state index contributed by atoms with van der Waals surface area (Å²) >= 11 is 1.63. The highest BCUT2D eigenvalue weighted by atomic mass is 32.1. The van der Waals surface area contributed by atoms with Crippen LogP contribution in [0.2, 0.25) is 0 Å². The first-order valence-electron chi connectivity index (χ1n) is 10.5. The largest absolute Gasteiger partial charge is 0.367 e. The molecule has 0 bridgehead atoms. The molecule has 0 unspecified atom stereocenters. The van der Waals surface area contributed by atoms with Gasteiger partial charge in [0.25, 0.3) is 0 Å². The highest BCUT2D eigenvalue weighted by Crippen LogP contribution is 2.37. The number of rotatable bonds is 4. The summed E-state index contributed by atoms with van der Waals surface area (Å²) in [5.74, 6) is 1.45. The molecule has 0 atom stereocenters. The van der Waals surface area contributed by atoms with E-state index < -0.39 is 0 Å². The summed E-state index contributed by atoms with van der Waals surface area (Å²) < 4.78 is 0. The summed E-state index contributed by atoms with van der Waals surface area (Å²) in [5.41, 5.74) is 2.73. The number of carbonyl (C=O) groups excluding carboxylic acids is 1. The van der Waals surface area contributed by atoms with Crippen molar-refractivity contribution in [2.24, 2.45) is 0 Å². The van der Waals surface area contributed by atoms with E-state index in [1.54, 1.807) is 18.3 Å². The number of pyridine rings is 2. The third-order valence-electron chi connectivity index (χ3n) is 5.99. The Bertz CT molecular complexity index is 1050. The molecule has 0 radical (unpaired) electrons. The monoisotopic (exact) mass is 423 g/mol. The van der Waals surface area contributed by atoms with Gasteiger partial charge in [0, 0.05) is 39.0 Å². The number of nitrogens with one attached hydrogen (secondary N) is 1. The lowest BCUT2D eigenvalue weighted by Gasteiger charge is -2.35. The molecule has 3 aromatic heterocycles. The van der Waals surface area contributed by atoms with Gasteiger partial charge in [-0.15, -0.1) is 10.2 Å². The molecule has 9 heteroatoms. The smallest absolute Gasteiger partial charge is 0.219 e. The van der Waals surface area contributed by atoms with Gasteiger partial charge in [0.15, 0.2) is 0 Å². The Kier molecular flexibility index (Phi) is 5.20. The number of carbonyl (C=O) groups is 1. The molecule has 1 aliphatic heterocycles. The maximum atomic E-state index is 11.5. The van der Waals surface area contributed by atoms with E-state index in [9.17, 15) is 4.79 Å². The fourth-order valence-corrected chi connectivity index (χ4v) is 5.17. The van der Waals surface area contributed by atoms with Crippen molar-refractivity contribution in [2.75, 3.05) is 36.4 Å². The van der Waals surface area contributed by atoms with E-state index in [0.717, 1.165) is 58.9 Å². The molecule has 2 aliphatic rings. The molecule has 1 aliphatic carbocycles. The van der Waals surface area contributed by atoms with E-state index in [1.165, 1.54) is 25.7 Å². The number of aromatic nitrogens is 4. The Labute approximate surface area is 179 Å². The lowest BCUT2D eigenvalue weighted by Crippen LogP contribution is -2.48. The normalized spacial score (nSPS) is 17.6. The maximum Gasteiger partial charge on any atom is 0.219 e. The van der Waals surface area contributed by atoms with Gasteiger partial charge in [0.05, 0.1) is 22.9 Å². The maximum absolute atomic E-state index is 11.5. The second-order valence-corrected chi connectivity index (χ2v) is 8.98. The Hall–Kier alpha value is -2.81. The van der Waals surface area contributed by atoms with Crippen LogP contribution in [-0.4, -0.2) is 57.2 Å². The van der Waals surface area contributed by atoms with Crippen molar-refractivity contribution in [3.63, 3.8) is 0 Å². The summed E-state index contributed by atoms with van der Waals surface area (Å²) in [6.07, 6.45) is 6.91. The van der Waals surface area contributed by atoms with Crippen LogP contribution in [0.25, 0.3) is 11.0 Å². The minimum atomic E-state index is 0.136. The summed E-state index contributed by atoms with van der Waals surface area (Å²) in [6.45, 7) is 4.71. The molecule has 0 aromatic carbocycles. The average Bonchev–Trinajstić information content (AvgIpc) is 3.45. The first-order chi connectivity index (χ1) is 14.7. The summed E-state index contributed by atoms with van der Waals surface area (Å²) in [7, 11) is 0. The predicted molar refractivity (Wildman–Crippen MR) is 118 cm³/mol. The summed E-state index contributed by atoms with van der Waals surface area (Å²) in [4.78, 5) is 25.0. The van der Waals surface area contributed by atoms with Crippen molar-refractivity contribution in [1.29, 1.82) is 0 Å². The standard InChI is InChI=1S/C21H25N7OS/c1-14(29)27-8-10-28(11-9-27)16-12-18-17(22-13-16)6-7-19(23-18)24-21-26-25-20(30-21)15-4-2-3-5-15/h6-7,12-13,15H,2-5,8-11H2,1H3,(H,23,24,26). The van der Waals surface area contributed by atoms with Crippen LogP contribution in [0.15, 0.2) is 24.4 Å². The van der Waals surface area contributed by atoms with Crippen molar-refractivity contribution in [3.05, 3.63) is 29.4 Å². The first-order valence-corrected chi connectivity index (χ1v) is 11.3. The SMILES string of the molecule is CC(=O)N1CCN(c2cnc3ccc(Nc4nnc(C5CCCC5)s4)nc3c2)CC1. The van der Waals surface area contributed by atoms with E-state index in [0.29, 0.717) is 5.92 Å². The molecule has 1 saturated heterocycles. The second-order valence-electron chi connectivity index (χ2n) is 7.97. The third kappa shape index (κ3) is 3.94. The van der Waals surface area contributed by atoms with Gasteiger partial charge in [-0.05, 0) is 31.0 Å². The lowest BCUT2D eigenvalue weighted by molar-refractivity contribution is -0.129. The highest BCUT2D eigenvalue weighted by molar-refractivity contribution is 7.15. The predicted octanol–water partition coefficient (Wildman–Crippen LogP) is 3.55. The van der Waals surface area contributed by atoms with Crippen LogP contribution in [0.4, 0.5) is 16.6 Å². The number of hydrogen-bond donors (Lipinski definition) is 1. The molecule has 8 nitrogen and oxygen atoms in total. The molecule has 156 valence electrons. The number of fused-ring (bicyclic) bond motifs is 1. The topological polar surface area (TPSA) is 87.1 Å². The Morgan fingerprint density at radius 3 is 2.67 bits per heavy atom. The number of nitrogens with zero attached hydrogens (tertiary/aromatic N) is 6. The van der Waals surface area contributed by atoms with Crippen molar-refractivity contribution in [3.8, 4) is 0 Å². The molecule has 1 N–H and O–H groups in total. The van der Waals surface area contributed by atoms with Crippen LogP contribution in [-0.2, 0) is 4.79 Å². The van der Waals surface area contributed by atoms with E-state index >= 15 is 0 Å². The molecule has 5 rings (SSSR count). The number of anilines is 3. The van der Waals surface area contributed by atoms with Gasteiger partial charge < -0.3 is 15.1 Å². The molecule has 4 heterocycles. The first kappa shape index (κ1) is 19.2. The van der Waals surface area contributed by atoms with Crippen LogP contribution in [0.3, 0.4) is 0 Å². The number of hydrogen-bond acceptors (Lipinski definition) is 8. The van der Waals surface area contributed by atoms with Crippen molar-refractivity contribution in [2.45, 2.75) is 38.5 Å². The van der Waals surface area contributed by atoms with Gasteiger partial charge in [-0.1, -0.05) is 24.2 Å². The zero-order valence-electron chi connectivity index (χ0n) is 17.0. The highest BCUT2D eigenvalue weighted by Gasteiger charge is 2.22. The minimum Gasteiger partial charge on any atom is -0.367 e. The average molecular weight is 424 g/mol. The molecule has 1 amide bonds. The van der Waals surface area contributed by atoms with E-state index in [1.807, 2.05) is 23.2 Å². The molecular formula is C21H25N7OS. The van der Waals surface area contributed by atoms with Crippen LogP contribution in [0.1, 0.15) is 43.5 Å². The Morgan fingerprint density at radius 1 is 1.10 bits per heavy atom. The number of amides is 1. The van der Waals surface area contributed by atoms with Gasteiger partial charge in [-0.3, -0.25) is 9.78 Å². The zero-order valence-corrected chi connectivity index (χ0v) is 17.9. The minimum absolute atomic E-state index is 0.136. The van der Waals surface area contributed by atoms with Crippen molar-refractivity contribution < 1.29 is 4.79 Å². The fourth-order valence-electron chi connectivity index (χ4n) is 4.25. The van der Waals surface area contributed by atoms with Gasteiger partial charge >= 0.3 is 0 Å². The second kappa shape index (κ2) is 8.14. The quantitative estimate of drug-likeness (QED) is 0.687. The van der Waals surface area contributed by atoms with Gasteiger partial charge in [0.2, 0.25) is 11.0 Å². The van der Waals surface area contributed by atoms with Crippen molar-refractivity contribution >= 4 is 44.9 Å². The third-order valence-corrected chi connectivity index (χ3v) is 6.99. The molecule has 1 saturated carbocycles. The van der Waals surface area contributed by atoms with Crippen molar-refractivity contribution in [1.82, 2.24) is 25.1 Å². The summed E-state index contributed by atoms with van der Waals surface area (Å²) in [6, 6.07) is 5.97. The van der Waals surface area contributed by atoms with Crippen LogP contribution < -0.4 is 10.2 Å². The van der Waals surface area contributed by atoms with Crippen LogP contribution in [0.5, 0.6) is 0 Å².